The lowest BCUT2D eigenvalue weighted by atomic mass is 10.1. The molecule has 11 heteroatoms. The van der Waals surface area contributed by atoms with E-state index >= 15 is 0 Å². The molecule has 5 rings (SSSR count). The van der Waals surface area contributed by atoms with E-state index in [0.29, 0.717) is 44.0 Å². The maximum Gasteiger partial charge on any atom is 0.243 e. The van der Waals surface area contributed by atoms with Gasteiger partial charge in [-0.3, -0.25) is 0 Å². The number of benzene rings is 1. The zero-order chi connectivity index (χ0) is 23.5. The molecule has 34 heavy (non-hydrogen) atoms. The fourth-order valence-corrected chi connectivity index (χ4v) is 5.79. The topological polar surface area (TPSA) is 111 Å². The summed E-state index contributed by atoms with van der Waals surface area (Å²) in [5.74, 6) is 1.38. The van der Waals surface area contributed by atoms with Gasteiger partial charge in [0.15, 0.2) is 0 Å². The molecule has 0 spiro atoms. The van der Waals surface area contributed by atoms with E-state index < -0.39 is 10.0 Å². The smallest absolute Gasteiger partial charge is 0.243 e. The van der Waals surface area contributed by atoms with Crippen LogP contribution in [0.2, 0.25) is 0 Å². The summed E-state index contributed by atoms with van der Waals surface area (Å²) < 4.78 is 40.1. The number of sulfonamides is 1. The van der Waals surface area contributed by atoms with Gasteiger partial charge in [0.2, 0.25) is 16.0 Å². The van der Waals surface area contributed by atoms with Crippen molar-refractivity contribution in [2.75, 3.05) is 44.8 Å². The summed E-state index contributed by atoms with van der Waals surface area (Å²) in [4.78, 5) is 13.8. The molecule has 3 aromatic rings. The fourth-order valence-electron chi connectivity index (χ4n) is 4.38. The summed E-state index contributed by atoms with van der Waals surface area (Å²) in [5, 5.41) is 3.18. The monoisotopic (exact) mass is 484 g/mol. The lowest BCUT2D eigenvalue weighted by molar-refractivity contribution is 0.0694. The van der Waals surface area contributed by atoms with Crippen molar-refractivity contribution in [2.45, 2.75) is 30.7 Å². The molecule has 1 aromatic carbocycles. The maximum absolute atomic E-state index is 12.8. The minimum Gasteiger partial charge on any atom is -0.381 e. The zero-order valence-corrected chi connectivity index (χ0v) is 19.9. The summed E-state index contributed by atoms with van der Waals surface area (Å²) in [5.41, 5.74) is 2.42. The molecule has 10 nitrogen and oxygen atoms in total. The van der Waals surface area contributed by atoms with Crippen LogP contribution in [0.15, 0.2) is 47.6 Å². The predicted octanol–water partition coefficient (Wildman–Crippen LogP) is 2.76. The number of rotatable bonds is 6. The lowest BCUT2D eigenvalue weighted by Crippen LogP contribution is -2.40. The van der Waals surface area contributed by atoms with Gasteiger partial charge in [-0.25, -0.2) is 23.4 Å². The Morgan fingerprint density at radius 1 is 0.971 bits per heavy atom. The average Bonchev–Trinajstić information content (AvgIpc) is 3.27. The zero-order valence-electron chi connectivity index (χ0n) is 19.1. The van der Waals surface area contributed by atoms with Crippen LogP contribution in [0, 0.1) is 6.92 Å². The molecule has 0 aliphatic carbocycles. The van der Waals surface area contributed by atoms with Gasteiger partial charge in [0, 0.05) is 44.2 Å². The third-order valence-electron chi connectivity index (χ3n) is 6.17. The van der Waals surface area contributed by atoms with E-state index in [-0.39, 0.29) is 4.90 Å². The van der Waals surface area contributed by atoms with Crippen molar-refractivity contribution in [1.82, 2.24) is 23.8 Å². The van der Waals surface area contributed by atoms with Crippen LogP contribution >= 0.6 is 0 Å². The number of aromatic nitrogens is 4. The third-order valence-corrected chi connectivity index (χ3v) is 8.09. The number of anilines is 2. The molecule has 1 N–H and O–H groups in total. The Kier molecular flexibility index (Phi) is 6.59. The van der Waals surface area contributed by atoms with E-state index in [1.54, 1.807) is 30.5 Å². The Morgan fingerprint density at radius 2 is 1.68 bits per heavy atom. The molecule has 2 fully saturated rings. The first kappa shape index (κ1) is 22.9. The first-order valence-corrected chi connectivity index (χ1v) is 12.9. The van der Waals surface area contributed by atoms with Crippen LogP contribution in [0.5, 0.6) is 0 Å². The van der Waals surface area contributed by atoms with Gasteiger partial charge in [-0.05, 0) is 50.1 Å². The van der Waals surface area contributed by atoms with Crippen molar-refractivity contribution in [3.8, 4) is 11.4 Å². The van der Waals surface area contributed by atoms with E-state index in [2.05, 4.69) is 19.9 Å². The molecule has 2 saturated heterocycles. The molecule has 0 radical (unpaired) electrons. The van der Waals surface area contributed by atoms with Gasteiger partial charge in [0.25, 0.3) is 0 Å². The molecule has 2 aliphatic rings. The number of hydrogen-bond donors (Lipinski definition) is 1. The molecule has 2 aromatic heterocycles. The third kappa shape index (κ3) is 4.69. The number of nitrogens with zero attached hydrogens (tertiary/aromatic N) is 5. The number of morpholine rings is 1. The van der Waals surface area contributed by atoms with Crippen LogP contribution in [0.4, 0.5) is 11.6 Å². The van der Waals surface area contributed by atoms with Gasteiger partial charge in [-0.15, -0.1) is 0 Å². The minimum absolute atomic E-state index is 0.255. The van der Waals surface area contributed by atoms with Crippen LogP contribution in [0.3, 0.4) is 0 Å². The number of aryl methyl sites for hydroxylation is 1. The molecule has 4 heterocycles. The Hall–Kier alpha value is -2.86. The standard InChI is InChI=1S/C23H28N6O4S/c1-17-25-16-22(29(17)19-7-12-32-13-8-19)21-6-9-24-23(27-21)26-18-2-4-20(5-3-18)34(30,31)28-10-14-33-15-11-28/h2-6,9,16,19H,7-8,10-15H2,1H3,(H,24,26,27). The normalized spacial score (nSPS) is 18.1. The van der Waals surface area contributed by atoms with Crippen molar-refractivity contribution in [3.63, 3.8) is 0 Å². The van der Waals surface area contributed by atoms with E-state index in [0.717, 1.165) is 43.3 Å². The first-order chi connectivity index (χ1) is 16.5. The van der Waals surface area contributed by atoms with Gasteiger partial charge in [0.1, 0.15) is 5.82 Å². The summed E-state index contributed by atoms with van der Waals surface area (Å²) in [6.45, 7) is 5.07. The van der Waals surface area contributed by atoms with Crippen molar-refractivity contribution in [2.24, 2.45) is 0 Å². The van der Waals surface area contributed by atoms with E-state index in [4.69, 9.17) is 14.5 Å². The molecular formula is C23H28N6O4S. The van der Waals surface area contributed by atoms with Crippen LogP contribution in [0.1, 0.15) is 24.7 Å². The van der Waals surface area contributed by atoms with Crippen LogP contribution in [-0.4, -0.2) is 71.8 Å². The summed E-state index contributed by atoms with van der Waals surface area (Å²) in [6.07, 6.45) is 5.45. The Bertz CT molecular complexity index is 1230. The minimum atomic E-state index is -3.53. The van der Waals surface area contributed by atoms with E-state index in [1.165, 1.54) is 4.31 Å². The quantitative estimate of drug-likeness (QED) is 0.569. The lowest BCUT2D eigenvalue weighted by Gasteiger charge is -2.26. The second kappa shape index (κ2) is 9.79. The van der Waals surface area contributed by atoms with Crippen molar-refractivity contribution in [3.05, 3.63) is 48.5 Å². The molecule has 2 aliphatic heterocycles. The van der Waals surface area contributed by atoms with Crippen molar-refractivity contribution >= 4 is 21.7 Å². The van der Waals surface area contributed by atoms with Gasteiger partial charge in [-0.2, -0.15) is 4.31 Å². The molecule has 0 bridgehead atoms. The van der Waals surface area contributed by atoms with Crippen molar-refractivity contribution in [1.29, 1.82) is 0 Å². The number of hydrogen-bond acceptors (Lipinski definition) is 8. The highest BCUT2D eigenvalue weighted by Gasteiger charge is 2.26. The fraction of sp³-hybridized carbons (Fsp3) is 0.435. The van der Waals surface area contributed by atoms with Gasteiger partial charge in [0.05, 0.1) is 35.7 Å². The summed E-state index contributed by atoms with van der Waals surface area (Å²) in [7, 11) is -3.53. The highest BCUT2D eigenvalue weighted by Crippen LogP contribution is 2.30. The molecular weight excluding hydrogens is 456 g/mol. The average molecular weight is 485 g/mol. The number of nitrogens with one attached hydrogen (secondary N) is 1. The highest BCUT2D eigenvalue weighted by molar-refractivity contribution is 7.89. The highest BCUT2D eigenvalue weighted by atomic mass is 32.2. The molecule has 0 saturated carbocycles. The molecule has 180 valence electrons. The Balaban J connectivity index is 1.34. The van der Waals surface area contributed by atoms with Gasteiger partial charge < -0.3 is 19.4 Å². The summed E-state index contributed by atoms with van der Waals surface area (Å²) in [6, 6.07) is 8.84. The van der Waals surface area contributed by atoms with E-state index in [1.807, 2.05) is 19.2 Å². The van der Waals surface area contributed by atoms with Crippen molar-refractivity contribution < 1.29 is 17.9 Å². The summed E-state index contributed by atoms with van der Waals surface area (Å²) >= 11 is 0. The maximum atomic E-state index is 12.8. The predicted molar refractivity (Wildman–Crippen MR) is 126 cm³/mol. The van der Waals surface area contributed by atoms with Gasteiger partial charge >= 0.3 is 0 Å². The number of imidazole rings is 1. The second-order valence-corrected chi connectivity index (χ2v) is 10.3. The molecule has 0 amide bonds. The molecule has 0 atom stereocenters. The van der Waals surface area contributed by atoms with E-state index in [9.17, 15) is 8.42 Å². The van der Waals surface area contributed by atoms with Gasteiger partial charge in [-0.1, -0.05) is 0 Å². The number of ether oxygens (including phenoxy) is 2. The second-order valence-electron chi connectivity index (χ2n) is 8.34. The van der Waals surface area contributed by atoms with Crippen LogP contribution in [0.25, 0.3) is 11.4 Å². The first-order valence-electron chi connectivity index (χ1n) is 11.4. The molecule has 0 unspecified atom stereocenters. The SMILES string of the molecule is Cc1ncc(-c2ccnc(Nc3ccc(S(=O)(=O)N4CCOCC4)cc3)n2)n1C1CCOCC1. The van der Waals surface area contributed by atoms with Crippen LogP contribution < -0.4 is 5.32 Å². The Labute approximate surface area is 199 Å². The largest absolute Gasteiger partial charge is 0.381 e. The van der Waals surface area contributed by atoms with Crippen LogP contribution in [-0.2, 0) is 19.5 Å². The Morgan fingerprint density at radius 3 is 2.41 bits per heavy atom.